The quantitative estimate of drug-likeness (QED) is 0.504. The Morgan fingerprint density at radius 3 is 2.50 bits per heavy atom. The fraction of sp³-hybridized carbons (Fsp3) is 0.250. The van der Waals surface area contributed by atoms with Crippen molar-refractivity contribution >= 4 is 23.3 Å². The van der Waals surface area contributed by atoms with Gasteiger partial charge in [0.15, 0.2) is 0 Å². The molecular formula is C20H19F3N4S. The summed E-state index contributed by atoms with van der Waals surface area (Å²) < 4.78 is 43.5. The average Bonchev–Trinajstić information content (AvgIpc) is 3.40. The summed E-state index contributed by atoms with van der Waals surface area (Å²) in [6, 6.07) is 11.5. The lowest BCUT2D eigenvalue weighted by Gasteiger charge is -2.13. The van der Waals surface area contributed by atoms with Crippen molar-refractivity contribution in [1.82, 2.24) is 14.3 Å². The lowest BCUT2D eigenvalue weighted by molar-refractivity contribution is -0.137. The van der Waals surface area contributed by atoms with Crippen molar-refractivity contribution in [2.75, 3.05) is 12.4 Å². The van der Waals surface area contributed by atoms with Crippen molar-refractivity contribution in [2.24, 2.45) is 0 Å². The van der Waals surface area contributed by atoms with Crippen LogP contribution in [-0.4, -0.2) is 16.6 Å². The average molecular weight is 404 g/mol. The van der Waals surface area contributed by atoms with Crippen LogP contribution in [0, 0.1) is 0 Å². The second-order valence-electron chi connectivity index (χ2n) is 6.65. The van der Waals surface area contributed by atoms with Crippen molar-refractivity contribution in [3.8, 4) is 11.3 Å². The summed E-state index contributed by atoms with van der Waals surface area (Å²) in [5.74, 6) is 0. The zero-order chi connectivity index (χ0) is 19.7. The van der Waals surface area contributed by atoms with E-state index in [0.29, 0.717) is 11.7 Å². The standard InChI is InChI=1S/C20H19F3N4S/c1-24-28-16-8-9-18(26-14-4-2-13(3-5-14)20(21,22)23)17(10-16)19-11-27(12-25-19)15-6-7-15/h2-5,8-12,15,24,26H,6-7H2,1H3. The summed E-state index contributed by atoms with van der Waals surface area (Å²) in [7, 11) is 1.85. The van der Waals surface area contributed by atoms with Gasteiger partial charge in [-0.15, -0.1) is 0 Å². The Bertz CT molecular complexity index is 962. The van der Waals surface area contributed by atoms with E-state index < -0.39 is 11.7 Å². The van der Waals surface area contributed by atoms with Crippen LogP contribution < -0.4 is 10.0 Å². The lowest BCUT2D eigenvalue weighted by Crippen LogP contribution is -2.04. The summed E-state index contributed by atoms with van der Waals surface area (Å²) >= 11 is 1.49. The van der Waals surface area contributed by atoms with Crippen LogP contribution in [0.1, 0.15) is 24.4 Å². The molecule has 0 unspecified atom stereocenters. The van der Waals surface area contributed by atoms with Gasteiger partial charge in [-0.3, -0.25) is 4.72 Å². The number of hydrogen-bond acceptors (Lipinski definition) is 4. The fourth-order valence-corrected chi connectivity index (χ4v) is 3.52. The minimum Gasteiger partial charge on any atom is -0.355 e. The maximum atomic E-state index is 12.8. The first kappa shape index (κ1) is 18.9. The molecule has 0 bridgehead atoms. The van der Waals surface area contributed by atoms with E-state index >= 15 is 0 Å². The number of rotatable bonds is 6. The molecule has 2 aromatic carbocycles. The minimum atomic E-state index is -4.34. The zero-order valence-corrected chi connectivity index (χ0v) is 15.9. The van der Waals surface area contributed by atoms with Crippen LogP contribution in [0.3, 0.4) is 0 Å². The highest BCUT2D eigenvalue weighted by Gasteiger charge is 2.30. The molecule has 4 rings (SSSR count). The van der Waals surface area contributed by atoms with Gasteiger partial charge in [0.05, 0.1) is 17.6 Å². The Morgan fingerprint density at radius 2 is 1.86 bits per heavy atom. The highest BCUT2D eigenvalue weighted by Crippen LogP contribution is 2.38. The molecule has 2 N–H and O–H groups in total. The smallest absolute Gasteiger partial charge is 0.355 e. The summed E-state index contributed by atoms with van der Waals surface area (Å²) in [5.41, 5.74) is 2.45. The number of imidazole rings is 1. The van der Waals surface area contributed by atoms with Crippen LogP contribution >= 0.6 is 11.9 Å². The van der Waals surface area contributed by atoms with Gasteiger partial charge in [-0.25, -0.2) is 4.98 Å². The van der Waals surface area contributed by atoms with Crippen molar-refractivity contribution < 1.29 is 13.2 Å². The van der Waals surface area contributed by atoms with Crippen LogP contribution in [0.15, 0.2) is 59.9 Å². The largest absolute Gasteiger partial charge is 0.416 e. The van der Waals surface area contributed by atoms with Gasteiger partial charge >= 0.3 is 6.18 Å². The van der Waals surface area contributed by atoms with E-state index in [0.717, 1.165) is 34.0 Å². The molecule has 1 aliphatic rings. The Kier molecular flexibility index (Phi) is 5.07. The highest BCUT2D eigenvalue weighted by atomic mass is 32.2. The van der Waals surface area contributed by atoms with E-state index in [1.807, 2.05) is 37.8 Å². The second kappa shape index (κ2) is 7.52. The molecule has 0 saturated heterocycles. The van der Waals surface area contributed by atoms with Gasteiger partial charge in [0.1, 0.15) is 0 Å². The van der Waals surface area contributed by atoms with Gasteiger partial charge in [0.25, 0.3) is 0 Å². The molecule has 8 heteroatoms. The Labute approximate surface area is 165 Å². The normalized spacial score (nSPS) is 14.3. The van der Waals surface area contributed by atoms with E-state index in [2.05, 4.69) is 19.6 Å². The summed E-state index contributed by atoms with van der Waals surface area (Å²) in [5, 5.41) is 3.23. The number of halogens is 3. The van der Waals surface area contributed by atoms with Gasteiger partial charge in [0, 0.05) is 34.1 Å². The molecule has 0 amide bonds. The maximum absolute atomic E-state index is 12.8. The fourth-order valence-electron chi connectivity index (χ4n) is 2.97. The monoisotopic (exact) mass is 404 g/mol. The predicted molar refractivity (Wildman–Crippen MR) is 106 cm³/mol. The summed E-state index contributed by atoms with van der Waals surface area (Å²) in [6.45, 7) is 0. The molecule has 1 fully saturated rings. The number of nitrogens with one attached hydrogen (secondary N) is 2. The Hall–Kier alpha value is -2.45. The minimum absolute atomic E-state index is 0.530. The third kappa shape index (κ3) is 4.18. The number of hydrogen-bond donors (Lipinski definition) is 2. The Balaban J connectivity index is 1.65. The number of alkyl halides is 3. The van der Waals surface area contributed by atoms with E-state index in [4.69, 9.17) is 0 Å². The molecule has 1 aromatic heterocycles. The van der Waals surface area contributed by atoms with Crippen LogP contribution in [-0.2, 0) is 6.18 Å². The highest BCUT2D eigenvalue weighted by molar-refractivity contribution is 7.97. The summed E-state index contributed by atoms with van der Waals surface area (Å²) in [4.78, 5) is 5.57. The third-order valence-corrected chi connectivity index (χ3v) is 5.24. The predicted octanol–water partition coefficient (Wildman–Crippen LogP) is 5.87. The molecule has 1 saturated carbocycles. The lowest BCUT2D eigenvalue weighted by atomic mass is 10.1. The van der Waals surface area contributed by atoms with Crippen molar-refractivity contribution in [3.05, 3.63) is 60.6 Å². The van der Waals surface area contributed by atoms with E-state index in [9.17, 15) is 13.2 Å². The molecule has 0 spiro atoms. The molecule has 146 valence electrons. The number of nitrogens with zero attached hydrogens (tertiary/aromatic N) is 2. The van der Waals surface area contributed by atoms with Gasteiger partial charge < -0.3 is 9.88 Å². The number of aromatic nitrogens is 2. The third-order valence-electron chi connectivity index (χ3n) is 4.55. The van der Waals surface area contributed by atoms with Gasteiger partial charge in [-0.1, -0.05) is 0 Å². The van der Waals surface area contributed by atoms with Crippen LogP contribution in [0.5, 0.6) is 0 Å². The molecule has 28 heavy (non-hydrogen) atoms. The molecule has 1 aliphatic carbocycles. The topological polar surface area (TPSA) is 41.9 Å². The molecule has 0 aliphatic heterocycles. The first-order valence-electron chi connectivity index (χ1n) is 8.90. The molecule has 1 heterocycles. The number of anilines is 2. The second-order valence-corrected chi connectivity index (χ2v) is 7.73. The molecule has 3 aromatic rings. The van der Waals surface area contributed by atoms with Gasteiger partial charge in [0.2, 0.25) is 0 Å². The Morgan fingerprint density at radius 1 is 1.11 bits per heavy atom. The van der Waals surface area contributed by atoms with Crippen molar-refractivity contribution in [2.45, 2.75) is 30.0 Å². The number of benzene rings is 2. The maximum Gasteiger partial charge on any atom is 0.416 e. The molecule has 0 radical (unpaired) electrons. The molecular weight excluding hydrogens is 385 g/mol. The van der Waals surface area contributed by atoms with E-state index in [1.165, 1.54) is 36.9 Å². The van der Waals surface area contributed by atoms with Crippen LogP contribution in [0.25, 0.3) is 11.3 Å². The van der Waals surface area contributed by atoms with Gasteiger partial charge in [-0.2, -0.15) is 13.2 Å². The van der Waals surface area contributed by atoms with E-state index in [-0.39, 0.29) is 0 Å². The van der Waals surface area contributed by atoms with Crippen molar-refractivity contribution in [1.29, 1.82) is 0 Å². The van der Waals surface area contributed by atoms with Gasteiger partial charge in [-0.05, 0) is 74.3 Å². The van der Waals surface area contributed by atoms with E-state index in [1.54, 1.807) is 0 Å². The summed E-state index contributed by atoms with van der Waals surface area (Å²) in [6.07, 6.45) is 1.86. The van der Waals surface area contributed by atoms with Crippen molar-refractivity contribution in [3.63, 3.8) is 0 Å². The first-order chi connectivity index (χ1) is 13.4. The molecule has 0 atom stereocenters. The molecule has 4 nitrogen and oxygen atoms in total. The van der Waals surface area contributed by atoms with Crippen LogP contribution in [0.4, 0.5) is 24.5 Å². The SMILES string of the molecule is CNSc1ccc(Nc2ccc(C(F)(F)F)cc2)c(-c2cn(C3CC3)cn2)c1. The first-order valence-corrected chi connectivity index (χ1v) is 9.71. The zero-order valence-electron chi connectivity index (χ0n) is 15.1. The van der Waals surface area contributed by atoms with Crippen LogP contribution in [0.2, 0.25) is 0 Å².